The van der Waals surface area contributed by atoms with E-state index in [4.69, 9.17) is 4.98 Å². The molecule has 2 aromatic carbocycles. The second kappa shape index (κ2) is 5.81. The summed E-state index contributed by atoms with van der Waals surface area (Å²) in [5, 5.41) is 9.57. The molecule has 2 heterocycles. The lowest BCUT2D eigenvalue weighted by molar-refractivity contribution is 0.475. The molecule has 0 aliphatic heterocycles. The zero-order valence-electron chi connectivity index (χ0n) is 13.3. The molecule has 24 heavy (non-hydrogen) atoms. The Morgan fingerprint density at radius 2 is 1.75 bits per heavy atom. The van der Waals surface area contributed by atoms with Crippen LogP contribution in [-0.2, 0) is 6.42 Å². The fourth-order valence-electron chi connectivity index (χ4n) is 2.93. The number of phenols is 1. The molecule has 0 aliphatic carbocycles. The Bertz CT molecular complexity index is 1000. The largest absolute Gasteiger partial charge is 0.508 e. The van der Waals surface area contributed by atoms with Crippen molar-refractivity contribution in [2.45, 2.75) is 13.3 Å². The summed E-state index contributed by atoms with van der Waals surface area (Å²) in [5.74, 6) is 1.18. The van der Waals surface area contributed by atoms with Crippen molar-refractivity contribution in [3.8, 4) is 11.4 Å². The van der Waals surface area contributed by atoms with Crippen molar-refractivity contribution in [2.24, 2.45) is 0 Å². The quantitative estimate of drug-likeness (QED) is 0.621. The summed E-state index contributed by atoms with van der Waals surface area (Å²) in [6.45, 7) is 2.11. The first kappa shape index (κ1) is 14.5. The molecule has 2 aromatic heterocycles. The number of aromatic hydroxyl groups is 1. The van der Waals surface area contributed by atoms with Crippen LogP contribution in [0, 0.1) is 6.92 Å². The Morgan fingerprint density at radius 3 is 2.54 bits per heavy atom. The molecule has 0 radical (unpaired) electrons. The highest BCUT2D eigenvalue weighted by Gasteiger charge is 2.14. The molecule has 1 N–H and O–H groups in total. The topological polar surface area (TPSA) is 50.9 Å². The number of nitrogens with zero attached hydrogens (tertiary/aromatic N) is 3. The van der Waals surface area contributed by atoms with Gasteiger partial charge in [0, 0.05) is 18.3 Å². The fraction of sp³-hybridized carbons (Fsp3) is 0.100. The minimum atomic E-state index is 0.247. The van der Waals surface area contributed by atoms with E-state index >= 15 is 0 Å². The Kier molecular flexibility index (Phi) is 3.50. The van der Waals surface area contributed by atoms with Crippen molar-refractivity contribution in [3.05, 3.63) is 83.8 Å². The van der Waals surface area contributed by atoms with Crippen LogP contribution in [0.3, 0.4) is 0 Å². The Morgan fingerprint density at radius 1 is 0.958 bits per heavy atom. The van der Waals surface area contributed by atoms with Gasteiger partial charge in [0.25, 0.3) is 0 Å². The van der Waals surface area contributed by atoms with Crippen molar-refractivity contribution in [3.63, 3.8) is 0 Å². The van der Waals surface area contributed by atoms with Crippen LogP contribution in [0.15, 0.2) is 66.9 Å². The summed E-state index contributed by atoms with van der Waals surface area (Å²) in [5.41, 5.74) is 5.13. The summed E-state index contributed by atoms with van der Waals surface area (Å²) in [6.07, 6.45) is 2.50. The molecule has 0 saturated heterocycles. The number of fused-ring (bicyclic) bond motifs is 1. The maximum absolute atomic E-state index is 9.57. The monoisotopic (exact) mass is 315 g/mol. The zero-order valence-corrected chi connectivity index (χ0v) is 13.3. The van der Waals surface area contributed by atoms with Gasteiger partial charge in [-0.15, -0.1) is 0 Å². The van der Waals surface area contributed by atoms with Gasteiger partial charge in [-0.2, -0.15) is 0 Å². The number of benzene rings is 2. The highest BCUT2D eigenvalue weighted by atomic mass is 16.3. The average Bonchev–Trinajstić information content (AvgIpc) is 2.96. The van der Waals surface area contributed by atoms with E-state index in [1.165, 1.54) is 11.1 Å². The van der Waals surface area contributed by atoms with Crippen LogP contribution < -0.4 is 0 Å². The van der Waals surface area contributed by atoms with E-state index in [-0.39, 0.29) is 5.75 Å². The van der Waals surface area contributed by atoms with Crippen molar-refractivity contribution in [1.82, 2.24) is 14.5 Å². The molecule has 0 bridgehead atoms. The van der Waals surface area contributed by atoms with Crippen LogP contribution in [0.1, 0.15) is 17.0 Å². The standard InChI is InChI=1S/C20H17N3O/c1-14-5-2-3-6-15(14)13-19-22-18-7-4-12-21-20(18)23(19)16-8-10-17(24)11-9-16/h2-12,24H,13H2,1H3. The Labute approximate surface area is 140 Å². The number of pyridine rings is 1. The maximum atomic E-state index is 9.57. The van der Waals surface area contributed by atoms with Gasteiger partial charge >= 0.3 is 0 Å². The molecule has 0 spiro atoms. The van der Waals surface area contributed by atoms with Gasteiger partial charge in [0.2, 0.25) is 0 Å². The van der Waals surface area contributed by atoms with E-state index in [2.05, 4.69) is 28.6 Å². The number of rotatable bonds is 3. The van der Waals surface area contributed by atoms with Gasteiger partial charge < -0.3 is 5.11 Å². The second-order valence-electron chi connectivity index (χ2n) is 5.83. The van der Waals surface area contributed by atoms with Crippen LogP contribution in [0.2, 0.25) is 0 Å². The summed E-state index contributed by atoms with van der Waals surface area (Å²) >= 11 is 0. The normalized spacial score (nSPS) is 11.0. The van der Waals surface area contributed by atoms with Crippen LogP contribution in [0.5, 0.6) is 5.75 Å². The molecule has 4 aromatic rings. The minimum Gasteiger partial charge on any atom is -0.508 e. The Balaban J connectivity index is 1.90. The first-order chi connectivity index (χ1) is 11.7. The lowest BCUT2D eigenvalue weighted by Gasteiger charge is -2.10. The van der Waals surface area contributed by atoms with Crippen LogP contribution in [-0.4, -0.2) is 19.6 Å². The minimum absolute atomic E-state index is 0.247. The highest BCUT2D eigenvalue weighted by molar-refractivity contribution is 5.74. The second-order valence-corrected chi connectivity index (χ2v) is 5.83. The highest BCUT2D eigenvalue weighted by Crippen LogP contribution is 2.24. The predicted octanol–water partition coefficient (Wildman–Crippen LogP) is 4.03. The van der Waals surface area contributed by atoms with E-state index in [0.717, 1.165) is 29.1 Å². The number of hydrogen-bond acceptors (Lipinski definition) is 3. The molecule has 118 valence electrons. The molecule has 0 fully saturated rings. The number of aromatic nitrogens is 3. The molecule has 0 aliphatic rings. The van der Waals surface area contributed by atoms with Crippen LogP contribution in [0.25, 0.3) is 16.9 Å². The number of hydrogen-bond donors (Lipinski definition) is 1. The molecule has 4 heteroatoms. The van der Waals surface area contributed by atoms with Gasteiger partial charge in [-0.3, -0.25) is 4.57 Å². The molecule has 0 atom stereocenters. The smallest absolute Gasteiger partial charge is 0.164 e. The van der Waals surface area contributed by atoms with Gasteiger partial charge in [0.1, 0.15) is 17.1 Å². The van der Waals surface area contributed by atoms with Crippen molar-refractivity contribution >= 4 is 11.2 Å². The average molecular weight is 315 g/mol. The van der Waals surface area contributed by atoms with Gasteiger partial charge in [-0.05, 0) is 54.4 Å². The summed E-state index contributed by atoms with van der Waals surface area (Å²) in [7, 11) is 0. The number of phenolic OH excluding ortho intramolecular Hbond substituents is 1. The third-order valence-corrected chi connectivity index (χ3v) is 4.20. The van der Waals surface area contributed by atoms with Crippen LogP contribution >= 0.6 is 0 Å². The van der Waals surface area contributed by atoms with E-state index in [0.29, 0.717) is 0 Å². The molecule has 0 unspecified atom stereocenters. The molecular weight excluding hydrogens is 298 g/mol. The van der Waals surface area contributed by atoms with Crippen molar-refractivity contribution < 1.29 is 5.11 Å². The third-order valence-electron chi connectivity index (χ3n) is 4.20. The predicted molar refractivity (Wildman–Crippen MR) is 94.5 cm³/mol. The molecule has 0 amide bonds. The first-order valence-electron chi connectivity index (χ1n) is 7.88. The van der Waals surface area contributed by atoms with Gasteiger partial charge in [-0.25, -0.2) is 9.97 Å². The number of imidazole rings is 1. The molecule has 4 rings (SSSR count). The van der Waals surface area contributed by atoms with Crippen molar-refractivity contribution in [2.75, 3.05) is 0 Å². The first-order valence-corrected chi connectivity index (χ1v) is 7.88. The molecule has 0 saturated carbocycles. The lowest BCUT2D eigenvalue weighted by atomic mass is 10.1. The fourth-order valence-corrected chi connectivity index (χ4v) is 2.93. The van der Waals surface area contributed by atoms with Crippen molar-refractivity contribution in [1.29, 1.82) is 0 Å². The maximum Gasteiger partial charge on any atom is 0.164 e. The Hall–Kier alpha value is -3.14. The van der Waals surface area contributed by atoms with Gasteiger partial charge in [0.05, 0.1) is 0 Å². The van der Waals surface area contributed by atoms with Gasteiger partial charge in [0.15, 0.2) is 5.65 Å². The van der Waals surface area contributed by atoms with Crippen LogP contribution in [0.4, 0.5) is 0 Å². The zero-order chi connectivity index (χ0) is 16.5. The summed E-state index contributed by atoms with van der Waals surface area (Å²) in [4.78, 5) is 9.29. The number of aryl methyl sites for hydroxylation is 1. The lowest BCUT2D eigenvalue weighted by Crippen LogP contribution is -2.03. The van der Waals surface area contributed by atoms with E-state index in [1.807, 2.05) is 36.4 Å². The third kappa shape index (κ3) is 2.52. The summed E-state index contributed by atoms with van der Waals surface area (Å²) in [6, 6.07) is 19.3. The van der Waals surface area contributed by atoms with E-state index in [1.54, 1.807) is 18.3 Å². The van der Waals surface area contributed by atoms with Gasteiger partial charge in [-0.1, -0.05) is 24.3 Å². The SMILES string of the molecule is Cc1ccccc1Cc1nc2cccnc2n1-c1ccc(O)cc1. The van der Waals surface area contributed by atoms with E-state index < -0.39 is 0 Å². The van der Waals surface area contributed by atoms with E-state index in [9.17, 15) is 5.11 Å². The molecular formula is C20H17N3O. The summed E-state index contributed by atoms with van der Waals surface area (Å²) < 4.78 is 2.06. The molecule has 4 nitrogen and oxygen atoms in total.